The normalized spacial score (nSPS) is 10.9. The van der Waals surface area contributed by atoms with Gasteiger partial charge in [0.2, 0.25) is 5.28 Å². The molecular weight excluding hydrogens is 212 g/mol. The predicted octanol–water partition coefficient (Wildman–Crippen LogP) is 2.15. The maximum absolute atomic E-state index is 11.9. The van der Waals surface area contributed by atoms with Gasteiger partial charge in [0.25, 0.3) is 5.56 Å². The zero-order valence-electron chi connectivity index (χ0n) is 8.62. The molecule has 0 spiro atoms. The van der Waals surface area contributed by atoms with Crippen molar-refractivity contribution >= 4 is 22.5 Å². The van der Waals surface area contributed by atoms with Crippen LogP contribution in [0.25, 0.3) is 10.9 Å². The summed E-state index contributed by atoms with van der Waals surface area (Å²) in [7, 11) is 1.62. The Morgan fingerprint density at radius 3 is 2.87 bits per heavy atom. The fraction of sp³-hybridized carbons (Fsp3) is 0.273. The first-order chi connectivity index (χ1) is 7.13. The molecule has 0 saturated heterocycles. The zero-order valence-corrected chi connectivity index (χ0v) is 9.38. The molecule has 0 unspecified atom stereocenters. The van der Waals surface area contributed by atoms with Crippen molar-refractivity contribution in [2.24, 2.45) is 7.05 Å². The monoisotopic (exact) mass is 222 g/mol. The fourth-order valence-electron chi connectivity index (χ4n) is 1.51. The van der Waals surface area contributed by atoms with Crippen LogP contribution in [0, 0.1) is 0 Å². The number of hydrogen-bond acceptors (Lipinski definition) is 2. The van der Waals surface area contributed by atoms with Crippen LogP contribution in [-0.2, 0) is 13.5 Å². The quantitative estimate of drug-likeness (QED) is 0.693. The summed E-state index contributed by atoms with van der Waals surface area (Å²) < 4.78 is 1.35. The van der Waals surface area contributed by atoms with Crippen molar-refractivity contribution < 1.29 is 0 Å². The summed E-state index contributed by atoms with van der Waals surface area (Å²) in [5, 5.41) is 0.845. The average molecular weight is 223 g/mol. The lowest BCUT2D eigenvalue weighted by Crippen LogP contribution is -2.18. The summed E-state index contributed by atoms with van der Waals surface area (Å²) >= 11 is 5.82. The summed E-state index contributed by atoms with van der Waals surface area (Å²) in [6, 6.07) is 5.67. The van der Waals surface area contributed by atoms with E-state index in [1.54, 1.807) is 7.05 Å². The summed E-state index contributed by atoms with van der Waals surface area (Å²) in [5.41, 5.74) is 1.68. The maximum Gasteiger partial charge on any atom is 0.262 e. The summed E-state index contributed by atoms with van der Waals surface area (Å²) in [5.74, 6) is 0. The molecule has 1 aromatic heterocycles. The van der Waals surface area contributed by atoms with E-state index >= 15 is 0 Å². The van der Waals surface area contributed by atoms with Gasteiger partial charge in [-0.15, -0.1) is 0 Å². The van der Waals surface area contributed by atoms with E-state index in [-0.39, 0.29) is 10.8 Å². The minimum Gasteiger partial charge on any atom is -0.286 e. The van der Waals surface area contributed by atoms with Crippen molar-refractivity contribution in [1.29, 1.82) is 0 Å². The molecule has 15 heavy (non-hydrogen) atoms. The first-order valence-electron chi connectivity index (χ1n) is 4.78. The molecule has 1 heterocycles. The third-order valence-electron chi connectivity index (χ3n) is 2.49. The van der Waals surface area contributed by atoms with Gasteiger partial charge in [0.05, 0.1) is 10.9 Å². The van der Waals surface area contributed by atoms with Crippen molar-refractivity contribution in [3.05, 3.63) is 39.4 Å². The molecule has 2 rings (SSSR count). The Bertz CT molecular complexity index is 575. The molecule has 0 amide bonds. The average Bonchev–Trinajstić information content (AvgIpc) is 2.26. The maximum atomic E-state index is 11.9. The SMILES string of the molecule is CCc1ccc2nc(Cl)n(C)c(=O)c2c1. The lowest BCUT2D eigenvalue weighted by Gasteiger charge is -2.04. The molecule has 0 saturated carbocycles. The number of halogens is 1. The first-order valence-corrected chi connectivity index (χ1v) is 5.16. The second-order valence-corrected chi connectivity index (χ2v) is 3.79. The second kappa shape index (κ2) is 3.66. The molecule has 0 fully saturated rings. The van der Waals surface area contributed by atoms with Gasteiger partial charge < -0.3 is 0 Å². The van der Waals surface area contributed by atoms with Gasteiger partial charge in [-0.25, -0.2) is 4.98 Å². The number of nitrogens with zero attached hydrogens (tertiary/aromatic N) is 2. The van der Waals surface area contributed by atoms with Gasteiger partial charge in [0.1, 0.15) is 0 Å². The van der Waals surface area contributed by atoms with E-state index < -0.39 is 0 Å². The van der Waals surface area contributed by atoms with Crippen LogP contribution < -0.4 is 5.56 Å². The van der Waals surface area contributed by atoms with Crippen LogP contribution in [0.4, 0.5) is 0 Å². The molecular formula is C11H11ClN2O. The molecule has 0 aliphatic heterocycles. The van der Waals surface area contributed by atoms with Crippen LogP contribution in [-0.4, -0.2) is 9.55 Å². The van der Waals surface area contributed by atoms with Crippen molar-refractivity contribution in [3.8, 4) is 0 Å². The van der Waals surface area contributed by atoms with Crippen LogP contribution in [0.3, 0.4) is 0 Å². The highest BCUT2D eigenvalue weighted by atomic mass is 35.5. The molecule has 2 aromatic rings. The zero-order chi connectivity index (χ0) is 11.0. The van der Waals surface area contributed by atoms with Crippen molar-refractivity contribution in [2.45, 2.75) is 13.3 Å². The van der Waals surface area contributed by atoms with E-state index in [0.29, 0.717) is 10.9 Å². The van der Waals surface area contributed by atoms with Gasteiger partial charge >= 0.3 is 0 Å². The molecule has 1 aromatic carbocycles. The van der Waals surface area contributed by atoms with E-state index in [9.17, 15) is 4.79 Å². The summed E-state index contributed by atoms with van der Waals surface area (Å²) in [6.07, 6.45) is 0.904. The Kier molecular flexibility index (Phi) is 2.49. The lowest BCUT2D eigenvalue weighted by atomic mass is 10.1. The van der Waals surface area contributed by atoms with Gasteiger partial charge in [0.15, 0.2) is 0 Å². The minimum atomic E-state index is -0.0969. The smallest absolute Gasteiger partial charge is 0.262 e. The molecule has 0 radical (unpaired) electrons. The number of rotatable bonds is 1. The van der Waals surface area contributed by atoms with E-state index in [1.165, 1.54) is 4.57 Å². The van der Waals surface area contributed by atoms with Crippen LogP contribution in [0.15, 0.2) is 23.0 Å². The molecule has 0 aliphatic rings. The van der Waals surface area contributed by atoms with Gasteiger partial charge in [-0.1, -0.05) is 13.0 Å². The van der Waals surface area contributed by atoms with E-state index in [1.807, 2.05) is 18.2 Å². The number of aromatic nitrogens is 2. The third kappa shape index (κ3) is 1.63. The molecule has 4 heteroatoms. The van der Waals surface area contributed by atoms with Gasteiger partial charge in [-0.2, -0.15) is 0 Å². The highest BCUT2D eigenvalue weighted by Crippen LogP contribution is 2.13. The highest BCUT2D eigenvalue weighted by Gasteiger charge is 2.06. The van der Waals surface area contributed by atoms with E-state index in [2.05, 4.69) is 11.9 Å². The van der Waals surface area contributed by atoms with Crippen molar-refractivity contribution in [3.63, 3.8) is 0 Å². The number of hydrogen-bond donors (Lipinski definition) is 0. The summed E-state index contributed by atoms with van der Waals surface area (Å²) in [6.45, 7) is 2.05. The Morgan fingerprint density at radius 1 is 1.47 bits per heavy atom. The van der Waals surface area contributed by atoms with Crippen molar-refractivity contribution in [1.82, 2.24) is 9.55 Å². The molecule has 0 aliphatic carbocycles. The number of fused-ring (bicyclic) bond motifs is 1. The van der Waals surface area contributed by atoms with Crippen molar-refractivity contribution in [2.75, 3.05) is 0 Å². The second-order valence-electron chi connectivity index (χ2n) is 3.45. The Balaban J connectivity index is 2.88. The minimum absolute atomic E-state index is 0.0969. The number of aryl methyl sites for hydroxylation is 1. The van der Waals surface area contributed by atoms with E-state index in [0.717, 1.165) is 12.0 Å². The molecule has 78 valence electrons. The third-order valence-corrected chi connectivity index (χ3v) is 2.83. The Hall–Kier alpha value is -1.35. The molecule has 3 nitrogen and oxygen atoms in total. The van der Waals surface area contributed by atoms with E-state index in [4.69, 9.17) is 11.6 Å². The fourth-order valence-corrected chi connectivity index (χ4v) is 1.68. The molecule has 0 atom stereocenters. The van der Waals surface area contributed by atoms with Crippen LogP contribution in [0.5, 0.6) is 0 Å². The molecule has 0 bridgehead atoms. The van der Waals surface area contributed by atoms with Gasteiger partial charge in [0, 0.05) is 7.05 Å². The lowest BCUT2D eigenvalue weighted by molar-refractivity contribution is 0.844. The summed E-state index contributed by atoms with van der Waals surface area (Å²) in [4.78, 5) is 16.0. The van der Waals surface area contributed by atoms with Crippen LogP contribution in [0.1, 0.15) is 12.5 Å². The van der Waals surface area contributed by atoms with Crippen LogP contribution >= 0.6 is 11.6 Å². The van der Waals surface area contributed by atoms with Gasteiger partial charge in [-0.3, -0.25) is 9.36 Å². The predicted molar refractivity (Wildman–Crippen MR) is 61.4 cm³/mol. The van der Waals surface area contributed by atoms with Gasteiger partial charge in [-0.05, 0) is 35.7 Å². The Labute approximate surface area is 92.3 Å². The van der Waals surface area contributed by atoms with Crippen LogP contribution in [0.2, 0.25) is 5.28 Å². The standard InChI is InChI=1S/C11H11ClN2O/c1-3-7-4-5-9-8(6-7)10(15)14(2)11(12)13-9/h4-6H,3H2,1-2H3. The number of benzene rings is 1. The largest absolute Gasteiger partial charge is 0.286 e. The Morgan fingerprint density at radius 2 is 2.20 bits per heavy atom. The highest BCUT2D eigenvalue weighted by molar-refractivity contribution is 6.28. The first kappa shape index (κ1) is 10.2. The molecule has 0 N–H and O–H groups in total. The topological polar surface area (TPSA) is 34.9 Å².